The molecule has 3 atom stereocenters. The first-order valence-corrected chi connectivity index (χ1v) is 9.52. The molecule has 0 aromatic heterocycles. The average molecular weight is 346 g/mol. The fourth-order valence-corrected chi connectivity index (χ4v) is 5.02. The van der Waals surface area contributed by atoms with Crippen molar-refractivity contribution in [3.63, 3.8) is 0 Å². The summed E-state index contributed by atoms with van der Waals surface area (Å²) in [6.07, 6.45) is 0.596. The van der Waals surface area contributed by atoms with Gasteiger partial charge in [0.05, 0.1) is 32.3 Å². The molecule has 0 bridgehead atoms. The van der Waals surface area contributed by atoms with E-state index in [-0.39, 0.29) is 6.04 Å². The first kappa shape index (κ1) is 17.2. The standard InChI is InChI=1S/C19H23FN2OS/c1-4-7-18-13(5-2)14-8-6-9-17(19(14)24(18)23)21-16-10-11-22(3)12-15(16)20/h6,8-9,15-16,21H,5,10-12H2,1-3H3/t15-,16-,24?/m0/s1. The normalized spacial score (nSPS) is 26.8. The van der Waals surface area contributed by atoms with Gasteiger partial charge in [-0.05, 0) is 44.0 Å². The zero-order valence-electron chi connectivity index (χ0n) is 14.4. The number of piperidine rings is 1. The number of rotatable bonds is 3. The van der Waals surface area contributed by atoms with Crippen LogP contribution < -0.4 is 5.32 Å². The van der Waals surface area contributed by atoms with Crippen molar-refractivity contribution in [1.82, 2.24) is 4.90 Å². The van der Waals surface area contributed by atoms with Crippen LogP contribution in [0.4, 0.5) is 10.1 Å². The van der Waals surface area contributed by atoms with Gasteiger partial charge in [0.2, 0.25) is 0 Å². The van der Waals surface area contributed by atoms with Gasteiger partial charge in [0.1, 0.15) is 6.17 Å². The van der Waals surface area contributed by atoms with Gasteiger partial charge < -0.3 is 10.2 Å². The van der Waals surface area contributed by atoms with E-state index < -0.39 is 17.0 Å². The molecule has 1 aromatic rings. The van der Waals surface area contributed by atoms with Gasteiger partial charge in [-0.2, -0.15) is 0 Å². The Bertz CT molecular complexity index is 762. The summed E-state index contributed by atoms with van der Waals surface area (Å²) in [5, 5.41) is 3.32. The van der Waals surface area contributed by atoms with Crippen molar-refractivity contribution >= 4 is 22.1 Å². The number of fused-ring (bicyclic) bond motifs is 1. The van der Waals surface area contributed by atoms with E-state index >= 15 is 0 Å². The van der Waals surface area contributed by atoms with E-state index in [1.54, 1.807) is 6.92 Å². The summed E-state index contributed by atoms with van der Waals surface area (Å²) in [6, 6.07) is 5.59. The minimum atomic E-state index is -1.29. The maximum Gasteiger partial charge on any atom is 0.133 e. The monoisotopic (exact) mass is 346 g/mol. The Labute approximate surface area is 145 Å². The number of allylic oxidation sites excluding steroid dienone is 2. The van der Waals surface area contributed by atoms with Gasteiger partial charge in [-0.1, -0.05) is 25.0 Å². The van der Waals surface area contributed by atoms with E-state index in [4.69, 9.17) is 0 Å². The molecular formula is C19H23FN2OS. The molecule has 2 aliphatic rings. The predicted molar refractivity (Wildman–Crippen MR) is 97.9 cm³/mol. The van der Waals surface area contributed by atoms with Gasteiger partial charge in [-0.3, -0.25) is 0 Å². The molecule has 1 unspecified atom stereocenters. The number of benzene rings is 1. The zero-order chi connectivity index (χ0) is 17.3. The fraction of sp³-hybridized carbons (Fsp3) is 0.474. The van der Waals surface area contributed by atoms with E-state index in [1.165, 1.54) is 0 Å². The number of nitrogens with zero attached hydrogens (tertiary/aromatic N) is 1. The summed E-state index contributed by atoms with van der Waals surface area (Å²) in [7, 11) is 0.647. The van der Waals surface area contributed by atoms with Crippen molar-refractivity contribution in [1.29, 1.82) is 0 Å². The smallest absolute Gasteiger partial charge is 0.133 e. The third-order valence-corrected chi connectivity index (χ3v) is 6.19. The van der Waals surface area contributed by atoms with Gasteiger partial charge in [0.25, 0.3) is 0 Å². The molecule has 2 heterocycles. The molecular weight excluding hydrogens is 323 g/mol. The SMILES string of the molecule is CC#CC1=C(CC)c2cccc(N[C@H]3CCN(C)C[C@@H]3F)c2S1=O. The third kappa shape index (κ3) is 3.01. The number of hydrogen-bond acceptors (Lipinski definition) is 3. The van der Waals surface area contributed by atoms with Crippen LogP contribution in [0.15, 0.2) is 28.0 Å². The highest BCUT2D eigenvalue weighted by molar-refractivity contribution is 7.90. The summed E-state index contributed by atoms with van der Waals surface area (Å²) in [6.45, 7) is 5.10. The van der Waals surface area contributed by atoms with Crippen LogP contribution in [0.3, 0.4) is 0 Å². The van der Waals surface area contributed by atoms with Crippen molar-refractivity contribution in [3.05, 3.63) is 28.7 Å². The number of likely N-dealkylation sites (tertiary alicyclic amines) is 1. The van der Waals surface area contributed by atoms with Crippen molar-refractivity contribution in [2.45, 2.75) is 43.8 Å². The average Bonchev–Trinajstić information content (AvgIpc) is 2.83. The fourth-order valence-electron chi connectivity index (χ4n) is 3.43. The summed E-state index contributed by atoms with van der Waals surface area (Å²) in [4.78, 5) is 3.46. The zero-order valence-corrected chi connectivity index (χ0v) is 15.2. The lowest BCUT2D eigenvalue weighted by molar-refractivity contribution is 0.149. The van der Waals surface area contributed by atoms with E-state index in [1.807, 2.05) is 37.1 Å². The molecule has 0 radical (unpaired) electrons. The summed E-state index contributed by atoms with van der Waals surface area (Å²) < 4.78 is 27.3. The predicted octanol–water partition coefficient (Wildman–Crippen LogP) is 3.41. The Morgan fingerprint density at radius 1 is 1.46 bits per heavy atom. The Hall–Kier alpha value is -1.64. The van der Waals surface area contributed by atoms with Crippen molar-refractivity contribution < 1.29 is 8.60 Å². The van der Waals surface area contributed by atoms with Crippen LogP contribution in [0, 0.1) is 11.8 Å². The van der Waals surface area contributed by atoms with Gasteiger partial charge in [0.15, 0.2) is 0 Å². The van der Waals surface area contributed by atoms with Crippen LogP contribution in [0.25, 0.3) is 5.57 Å². The Kier molecular flexibility index (Phi) is 5.07. The molecule has 128 valence electrons. The van der Waals surface area contributed by atoms with Crippen LogP contribution in [0.5, 0.6) is 0 Å². The number of nitrogens with one attached hydrogen (secondary N) is 1. The maximum absolute atomic E-state index is 14.4. The lowest BCUT2D eigenvalue weighted by atomic mass is 10.0. The van der Waals surface area contributed by atoms with E-state index in [2.05, 4.69) is 17.2 Å². The largest absolute Gasteiger partial charge is 0.378 e. The molecule has 3 rings (SSSR count). The highest BCUT2D eigenvalue weighted by atomic mass is 32.2. The number of alkyl halides is 1. The molecule has 5 heteroatoms. The molecule has 24 heavy (non-hydrogen) atoms. The minimum Gasteiger partial charge on any atom is -0.378 e. The van der Waals surface area contributed by atoms with Crippen LogP contribution in [-0.2, 0) is 10.8 Å². The summed E-state index contributed by atoms with van der Waals surface area (Å²) in [5.41, 5.74) is 2.81. The topological polar surface area (TPSA) is 32.3 Å². The molecule has 1 N–H and O–H groups in total. The van der Waals surface area contributed by atoms with Crippen LogP contribution in [0.2, 0.25) is 0 Å². The number of hydrogen-bond donors (Lipinski definition) is 1. The van der Waals surface area contributed by atoms with Crippen LogP contribution in [-0.4, -0.2) is 41.5 Å². The molecule has 0 spiro atoms. The van der Waals surface area contributed by atoms with Gasteiger partial charge in [0, 0.05) is 13.1 Å². The third-order valence-electron chi connectivity index (χ3n) is 4.66. The van der Waals surface area contributed by atoms with Gasteiger partial charge in [-0.25, -0.2) is 8.60 Å². The molecule has 1 fully saturated rings. The summed E-state index contributed by atoms with van der Waals surface area (Å²) in [5.74, 6) is 5.87. The maximum atomic E-state index is 14.4. The van der Waals surface area contributed by atoms with E-state index in [0.29, 0.717) is 11.4 Å². The Balaban J connectivity index is 1.94. The molecule has 3 nitrogen and oxygen atoms in total. The molecule has 1 aromatic carbocycles. The Morgan fingerprint density at radius 3 is 2.92 bits per heavy atom. The van der Waals surface area contributed by atoms with E-state index in [9.17, 15) is 8.60 Å². The first-order chi connectivity index (χ1) is 11.6. The molecule has 0 aliphatic carbocycles. The van der Waals surface area contributed by atoms with Crippen molar-refractivity contribution in [2.75, 3.05) is 25.5 Å². The lowest BCUT2D eigenvalue weighted by Gasteiger charge is -2.33. The number of halogens is 1. The van der Waals surface area contributed by atoms with Crippen molar-refractivity contribution in [2.24, 2.45) is 0 Å². The molecule has 2 aliphatic heterocycles. The minimum absolute atomic E-state index is 0.240. The van der Waals surface area contributed by atoms with Gasteiger partial charge in [-0.15, -0.1) is 5.92 Å². The highest BCUT2D eigenvalue weighted by Crippen LogP contribution is 2.42. The lowest BCUT2D eigenvalue weighted by Crippen LogP contribution is -2.46. The first-order valence-electron chi connectivity index (χ1n) is 8.37. The van der Waals surface area contributed by atoms with Gasteiger partial charge >= 0.3 is 0 Å². The number of anilines is 1. The highest BCUT2D eigenvalue weighted by Gasteiger charge is 2.32. The van der Waals surface area contributed by atoms with Crippen LogP contribution >= 0.6 is 0 Å². The van der Waals surface area contributed by atoms with E-state index in [0.717, 1.165) is 41.1 Å². The molecule has 1 saturated heterocycles. The Morgan fingerprint density at radius 2 is 2.25 bits per heavy atom. The summed E-state index contributed by atoms with van der Waals surface area (Å²) >= 11 is 0. The second kappa shape index (κ2) is 7.08. The van der Waals surface area contributed by atoms with Crippen LogP contribution in [0.1, 0.15) is 32.3 Å². The molecule has 0 saturated carbocycles. The molecule has 0 amide bonds. The second-order valence-corrected chi connectivity index (χ2v) is 7.66. The quantitative estimate of drug-likeness (QED) is 0.852. The van der Waals surface area contributed by atoms with Crippen molar-refractivity contribution in [3.8, 4) is 11.8 Å². The second-order valence-electron chi connectivity index (χ2n) is 6.30.